The lowest BCUT2D eigenvalue weighted by atomic mass is 10.1. The Kier molecular flexibility index (Phi) is 2.14. The molecule has 1 saturated heterocycles. The van der Waals surface area contributed by atoms with E-state index in [0.717, 1.165) is 0 Å². The molecule has 4 heteroatoms. The van der Waals surface area contributed by atoms with Crippen molar-refractivity contribution in [1.82, 2.24) is 4.90 Å². The van der Waals surface area contributed by atoms with E-state index in [9.17, 15) is 9.90 Å². The van der Waals surface area contributed by atoms with Crippen LogP contribution in [-0.2, 0) is 0 Å². The van der Waals surface area contributed by atoms with E-state index in [-0.39, 0.29) is 12.5 Å². The van der Waals surface area contributed by atoms with Gasteiger partial charge in [0.25, 0.3) is 0 Å². The van der Waals surface area contributed by atoms with Crippen LogP contribution in [0.15, 0.2) is 12.7 Å². The fourth-order valence-corrected chi connectivity index (χ4v) is 1.20. The van der Waals surface area contributed by atoms with Crippen LogP contribution in [0, 0.1) is 5.92 Å². The number of hydrogen-bond acceptors (Lipinski definition) is 2. The Morgan fingerprint density at radius 2 is 2.27 bits per heavy atom. The maximum Gasteiger partial charge on any atom is 0.407 e. The zero-order chi connectivity index (χ0) is 8.43. The van der Waals surface area contributed by atoms with Gasteiger partial charge in [-0.2, -0.15) is 0 Å². The number of carboxylic acid groups (broad SMARTS) is 1. The smallest absolute Gasteiger partial charge is 0.407 e. The summed E-state index contributed by atoms with van der Waals surface area (Å²) in [5, 5.41) is 17.8. The van der Waals surface area contributed by atoms with E-state index in [0.29, 0.717) is 6.54 Å². The van der Waals surface area contributed by atoms with Gasteiger partial charge in [-0.25, -0.2) is 4.79 Å². The molecule has 1 aliphatic heterocycles. The third-order valence-corrected chi connectivity index (χ3v) is 1.91. The van der Waals surface area contributed by atoms with Crippen molar-refractivity contribution < 1.29 is 15.0 Å². The van der Waals surface area contributed by atoms with Crippen molar-refractivity contribution in [2.75, 3.05) is 13.1 Å². The predicted molar refractivity (Wildman–Crippen MR) is 39.3 cm³/mol. The molecular weight excluding hydrogens is 146 g/mol. The Hall–Kier alpha value is -1.03. The number of aliphatic hydroxyl groups is 1. The number of nitrogens with zero attached hydrogens (tertiary/aromatic N) is 1. The molecule has 0 bridgehead atoms. The van der Waals surface area contributed by atoms with E-state index in [1.165, 1.54) is 4.90 Å². The van der Waals surface area contributed by atoms with Crippen LogP contribution < -0.4 is 0 Å². The minimum atomic E-state index is -0.978. The summed E-state index contributed by atoms with van der Waals surface area (Å²) in [5.74, 6) is -0.105. The molecule has 0 saturated carbocycles. The molecule has 1 heterocycles. The van der Waals surface area contributed by atoms with E-state index < -0.39 is 12.2 Å². The average Bonchev–Trinajstić information content (AvgIpc) is 2.31. The highest BCUT2D eigenvalue weighted by Gasteiger charge is 2.31. The molecule has 1 amide bonds. The van der Waals surface area contributed by atoms with Gasteiger partial charge in [0.05, 0.1) is 12.6 Å². The Bertz CT molecular complexity index is 181. The molecule has 62 valence electrons. The lowest BCUT2D eigenvalue weighted by Gasteiger charge is -2.08. The number of β-amino-alcohol motifs (C(OH)–C–C–N with tert-alkyl or cyclic N) is 1. The molecule has 0 aliphatic carbocycles. The lowest BCUT2D eigenvalue weighted by Crippen LogP contribution is -2.27. The van der Waals surface area contributed by atoms with E-state index in [4.69, 9.17) is 5.11 Å². The molecule has 0 spiro atoms. The monoisotopic (exact) mass is 157 g/mol. The largest absolute Gasteiger partial charge is 0.465 e. The van der Waals surface area contributed by atoms with Crippen LogP contribution >= 0.6 is 0 Å². The molecule has 1 rings (SSSR count). The second-order valence-electron chi connectivity index (χ2n) is 2.65. The topological polar surface area (TPSA) is 60.8 Å². The summed E-state index contributed by atoms with van der Waals surface area (Å²) in [6.45, 7) is 4.07. The number of likely N-dealkylation sites (tertiary alicyclic amines) is 1. The Balaban J connectivity index is 2.56. The third-order valence-electron chi connectivity index (χ3n) is 1.91. The second kappa shape index (κ2) is 2.92. The predicted octanol–water partition coefficient (Wildman–Crippen LogP) is 0.143. The van der Waals surface area contributed by atoms with E-state index in [1.807, 2.05) is 0 Å². The van der Waals surface area contributed by atoms with Crippen LogP contribution in [0.4, 0.5) is 4.79 Å². The van der Waals surface area contributed by atoms with E-state index >= 15 is 0 Å². The van der Waals surface area contributed by atoms with Gasteiger partial charge in [0, 0.05) is 12.5 Å². The first-order valence-corrected chi connectivity index (χ1v) is 3.43. The lowest BCUT2D eigenvalue weighted by molar-refractivity contribution is 0.137. The molecule has 0 aromatic rings. The summed E-state index contributed by atoms with van der Waals surface area (Å²) in [4.78, 5) is 11.6. The first-order valence-electron chi connectivity index (χ1n) is 3.43. The molecule has 2 atom stereocenters. The number of carbonyl (C=O) groups is 1. The summed E-state index contributed by atoms with van der Waals surface area (Å²) in [6, 6.07) is 0. The highest BCUT2D eigenvalue weighted by atomic mass is 16.4. The molecule has 0 radical (unpaired) electrons. The van der Waals surface area contributed by atoms with Gasteiger partial charge in [-0.1, -0.05) is 6.08 Å². The minimum Gasteiger partial charge on any atom is -0.465 e. The Labute approximate surface area is 64.7 Å². The molecule has 0 unspecified atom stereocenters. The zero-order valence-corrected chi connectivity index (χ0v) is 6.10. The Morgan fingerprint density at radius 1 is 1.64 bits per heavy atom. The quantitative estimate of drug-likeness (QED) is 0.532. The van der Waals surface area contributed by atoms with E-state index in [1.54, 1.807) is 6.08 Å². The first-order chi connectivity index (χ1) is 5.15. The summed E-state index contributed by atoms with van der Waals surface area (Å²) in [6.07, 6.45) is 0.0325. The number of aliphatic hydroxyl groups excluding tert-OH is 1. The Morgan fingerprint density at radius 3 is 2.55 bits per heavy atom. The molecule has 4 nitrogen and oxygen atoms in total. The van der Waals surface area contributed by atoms with Crippen molar-refractivity contribution in [3.05, 3.63) is 12.7 Å². The van der Waals surface area contributed by atoms with Gasteiger partial charge in [-0.3, -0.25) is 0 Å². The third kappa shape index (κ3) is 1.51. The standard InChI is InChI=1S/C7H11NO3/c1-2-5-3-8(7(10)11)4-6(5)9/h2,5-6,9H,1,3-4H2,(H,10,11)/t5-,6-/m1/s1. The van der Waals surface area contributed by atoms with Crippen LogP contribution in [0.25, 0.3) is 0 Å². The highest BCUT2D eigenvalue weighted by Crippen LogP contribution is 2.17. The fourth-order valence-electron chi connectivity index (χ4n) is 1.20. The van der Waals surface area contributed by atoms with Crippen LogP contribution in [0.1, 0.15) is 0 Å². The molecule has 1 fully saturated rings. The van der Waals surface area contributed by atoms with E-state index in [2.05, 4.69) is 6.58 Å². The maximum atomic E-state index is 10.4. The molecular formula is C7H11NO3. The van der Waals surface area contributed by atoms with Gasteiger partial charge in [-0.15, -0.1) is 6.58 Å². The molecule has 11 heavy (non-hydrogen) atoms. The minimum absolute atomic E-state index is 0.105. The average molecular weight is 157 g/mol. The highest BCUT2D eigenvalue weighted by molar-refractivity contribution is 5.65. The van der Waals surface area contributed by atoms with Crippen LogP contribution in [0.5, 0.6) is 0 Å². The van der Waals surface area contributed by atoms with Crippen molar-refractivity contribution in [2.45, 2.75) is 6.10 Å². The maximum absolute atomic E-state index is 10.4. The molecule has 0 aromatic carbocycles. The molecule has 0 aromatic heterocycles. The van der Waals surface area contributed by atoms with Gasteiger partial charge < -0.3 is 15.1 Å². The number of hydrogen-bond donors (Lipinski definition) is 2. The van der Waals surface area contributed by atoms with Crippen LogP contribution in [-0.4, -0.2) is 40.4 Å². The summed E-state index contributed by atoms with van der Waals surface area (Å²) in [7, 11) is 0. The van der Waals surface area contributed by atoms with Crippen molar-refractivity contribution in [3.63, 3.8) is 0 Å². The zero-order valence-electron chi connectivity index (χ0n) is 6.10. The van der Waals surface area contributed by atoms with Gasteiger partial charge in [-0.05, 0) is 0 Å². The SMILES string of the molecule is C=C[C@@H]1CN(C(=O)O)C[C@H]1O. The summed E-state index contributed by atoms with van der Waals surface area (Å²) >= 11 is 0. The van der Waals surface area contributed by atoms with Gasteiger partial charge in [0.1, 0.15) is 0 Å². The molecule has 2 N–H and O–H groups in total. The second-order valence-corrected chi connectivity index (χ2v) is 2.65. The van der Waals surface area contributed by atoms with Gasteiger partial charge in [0.2, 0.25) is 0 Å². The van der Waals surface area contributed by atoms with Crippen LogP contribution in [0.3, 0.4) is 0 Å². The summed E-state index contributed by atoms with van der Waals surface area (Å²) in [5.41, 5.74) is 0. The van der Waals surface area contributed by atoms with Crippen molar-refractivity contribution in [3.8, 4) is 0 Å². The molecule has 1 aliphatic rings. The van der Waals surface area contributed by atoms with Crippen molar-refractivity contribution >= 4 is 6.09 Å². The van der Waals surface area contributed by atoms with Crippen LogP contribution in [0.2, 0.25) is 0 Å². The van der Waals surface area contributed by atoms with Crippen molar-refractivity contribution in [1.29, 1.82) is 0 Å². The first kappa shape index (κ1) is 8.07. The van der Waals surface area contributed by atoms with Gasteiger partial charge >= 0.3 is 6.09 Å². The number of amides is 1. The van der Waals surface area contributed by atoms with Crippen molar-refractivity contribution in [2.24, 2.45) is 5.92 Å². The van der Waals surface area contributed by atoms with Gasteiger partial charge in [0.15, 0.2) is 0 Å². The normalized spacial score (nSPS) is 30.5. The summed E-state index contributed by atoms with van der Waals surface area (Å²) < 4.78 is 0. The number of rotatable bonds is 1. The fraction of sp³-hybridized carbons (Fsp3) is 0.571.